The maximum atomic E-state index is 13.3. The monoisotopic (exact) mass is 409 g/mol. The first-order valence-electron chi connectivity index (χ1n) is 7.10. The largest absolute Gasteiger partial charge is 0.462 e. The minimum absolute atomic E-state index is 0.237. The molecule has 1 rings (SSSR count). The van der Waals surface area contributed by atoms with Gasteiger partial charge in [0.2, 0.25) is 5.91 Å². The van der Waals surface area contributed by atoms with E-state index in [9.17, 15) is 36.0 Å². The zero-order valence-electron chi connectivity index (χ0n) is 14.0. The van der Waals surface area contributed by atoms with Crippen LogP contribution in [0.4, 0.5) is 13.2 Å². The third-order valence-electron chi connectivity index (χ3n) is 2.82. The van der Waals surface area contributed by atoms with E-state index in [1.165, 1.54) is 11.6 Å². The van der Waals surface area contributed by atoms with Crippen molar-refractivity contribution < 1.29 is 40.7 Å². The molecule has 3 N–H and O–H groups in total. The molecule has 0 aliphatic carbocycles. The van der Waals surface area contributed by atoms with Gasteiger partial charge >= 0.3 is 12.1 Å². The van der Waals surface area contributed by atoms with Crippen LogP contribution >= 0.6 is 0 Å². The van der Waals surface area contributed by atoms with Gasteiger partial charge in [-0.15, -0.1) is 0 Å². The number of esters is 1. The fraction of sp³-hybridized carbons (Fsp3) is 0.286. The van der Waals surface area contributed by atoms with Crippen molar-refractivity contribution in [1.29, 1.82) is 0 Å². The van der Waals surface area contributed by atoms with Gasteiger partial charge in [0.25, 0.3) is 15.9 Å². The Kier molecular flexibility index (Phi) is 6.67. The van der Waals surface area contributed by atoms with E-state index in [2.05, 4.69) is 9.73 Å². The molecular formula is C14H14F3N3O6S. The van der Waals surface area contributed by atoms with Crippen molar-refractivity contribution in [3.63, 3.8) is 0 Å². The summed E-state index contributed by atoms with van der Waals surface area (Å²) in [4.78, 5) is 35.9. The minimum atomic E-state index is -5.24. The summed E-state index contributed by atoms with van der Waals surface area (Å²) in [5.74, 6) is -5.02. The van der Waals surface area contributed by atoms with Gasteiger partial charge in [0, 0.05) is 6.92 Å². The highest BCUT2D eigenvalue weighted by molar-refractivity contribution is 7.90. The van der Waals surface area contributed by atoms with Crippen LogP contribution in [0.3, 0.4) is 0 Å². The number of aliphatic imine (C=N–C) groups is 1. The van der Waals surface area contributed by atoms with Crippen molar-refractivity contribution >= 4 is 33.6 Å². The number of benzene rings is 1. The lowest BCUT2D eigenvalue weighted by atomic mass is 10.1. The van der Waals surface area contributed by atoms with E-state index in [1.807, 2.05) is 0 Å². The normalized spacial score (nSPS) is 12.4. The number of rotatable bonds is 4. The summed E-state index contributed by atoms with van der Waals surface area (Å²) in [5, 5.41) is 0. The number of hydrogen-bond acceptors (Lipinski definition) is 6. The summed E-state index contributed by atoms with van der Waals surface area (Å²) in [6.07, 6.45) is -5.17. The molecule has 0 bridgehead atoms. The maximum Gasteiger partial charge on any atom is 0.417 e. The number of hydrogen-bond donors (Lipinski definition) is 2. The van der Waals surface area contributed by atoms with E-state index in [0.717, 1.165) is 19.1 Å². The highest BCUT2D eigenvalue weighted by Gasteiger charge is 2.40. The van der Waals surface area contributed by atoms with Crippen LogP contribution in [0.2, 0.25) is 0 Å². The first-order valence-corrected chi connectivity index (χ1v) is 8.58. The number of carbonyl (C=O) groups excluding carboxylic acids is 3. The number of amides is 2. The summed E-state index contributed by atoms with van der Waals surface area (Å²) >= 11 is 0. The second kappa shape index (κ2) is 8.16. The quantitative estimate of drug-likeness (QED) is 0.420. The second-order valence-corrected chi connectivity index (χ2v) is 6.47. The Balaban J connectivity index is 3.59. The Hall–Kier alpha value is -2.96. The molecule has 0 aliphatic rings. The van der Waals surface area contributed by atoms with Crippen LogP contribution in [0.5, 0.6) is 0 Å². The van der Waals surface area contributed by atoms with E-state index < -0.39 is 55.8 Å². The second-order valence-electron chi connectivity index (χ2n) is 4.85. The molecule has 2 amide bonds. The molecule has 9 nitrogen and oxygen atoms in total. The van der Waals surface area contributed by atoms with Gasteiger partial charge in [0.05, 0.1) is 17.7 Å². The number of nitrogens with zero attached hydrogens (tertiary/aromatic N) is 1. The van der Waals surface area contributed by atoms with E-state index in [4.69, 9.17) is 5.73 Å². The van der Waals surface area contributed by atoms with Gasteiger partial charge in [-0.25, -0.2) is 17.9 Å². The van der Waals surface area contributed by atoms with Crippen molar-refractivity contribution in [3.8, 4) is 0 Å². The molecule has 13 heteroatoms. The zero-order valence-corrected chi connectivity index (χ0v) is 14.8. The summed E-state index contributed by atoms with van der Waals surface area (Å²) < 4.78 is 70.4. The molecular weight excluding hydrogens is 395 g/mol. The predicted molar refractivity (Wildman–Crippen MR) is 85.0 cm³/mol. The molecule has 0 atom stereocenters. The number of ether oxygens (including phenoxy) is 1. The standard InChI is InChI=1S/C14H14F3N3O6S/c1-3-26-13(23)8-5-4-6-9(14(15,16)17)10(8)27(24,25)20-12(22)11(18)19-7(2)21/h4-6H,3H2,1-2H3,(H,20,22)(H2,18,19,21). The van der Waals surface area contributed by atoms with E-state index in [1.54, 1.807) is 0 Å². The molecule has 148 valence electrons. The fourth-order valence-corrected chi connectivity index (χ4v) is 3.23. The number of sulfonamides is 1. The maximum absolute atomic E-state index is 13.3. The molecule has 0 spiro atoms. The lowest BCUT2D eigenvalue weighted by Crippen LogP contribution is -2.41. The van der Waals surface area contributed by atoms with Crippen LogP contribution in [0.25, 0.3) is 0 Å². The number of carbonyl (C=O) groups is 3. The highest BCUT2D eigenvalue weighted by Crippen LogP contribution is 2.36. The van der Waals surface area contributed by atoms with Gasteiger partial charge in [0.15, 0.2) is 5.84 Å². The van der Waals surface area contributed by atoms with Gasteiger partial charge in [0.1, 0.15) is 4.90 Å². The number of halogens is 3. The van der Waals surface area contributed by atoms with Gasteiger partial charge in [-0.2, -0.15) is 18.2 Å². The highest BCUT2D eigenvalue weighted by atomic mass is 32.2. The molecule has 0 radical (unpaired) electrons. The Labute approximate surface area is 151 Å². The van der Waals surface area contributed by atoms with Crippen molar-refractivity contribution in [2.45, 2.75) is 24.9 Å². The summed E-state index contributed by atoms with van der Waals surface area (Å²) in [6.45, 7) is 2.03. The molecule has 1 aromatic rings. The van der Waals surface area contributed by atoms with Gasteiger partial charge < -0.3 is 10.5 Å². The molecule has 0 saturated carbocycles. The van der Waals surface area contributed by atoms with Crippen LogP contribution < -0.4 is 10.5 Å². The molecule has 0 fully saturated rings. The van der Waals surface area contributed by atoms with Crippen molar-refractivity contribution in [1.82, 2.24) is 4.72 Å². The molecule has 1 aromatic carbocycles. The average Bonchev–Trinajstić information content (AvgIpc) is 2.52. The lowest BCUT2D eigenvalue weighted by Gasteiger charge is -2.16. The predicted octanol–water partition coefficient (Wildman–Crippen LogP) is 0.591. The Morgan fingerprint density at radius 2 is 1.85 bits per heavy atom. The Morgan fingerprint density at radius 3 is 2.33 bits per heavy atom. The number of alkyl halides is 3. The number of nitrogens with two attached hydrogens (primary N) is 1. The number of amidine groups is 1. The van der Waals surface area contributed by atoms with Crippen LogP contribution in [0, 0.1) is 0 Å². The summed E-state index contributed by atoms with van der Waals surface area (Å²) in [7, 11) is -5.24. The fourth-order valence-electron chi connectivity index (χ4n) is 1.87. The first-order chi connectivity index (χ1) is 12.3. The zero-order chi connectivity index (χ0) is 21.0. The topological polar surface area (TPSA) is 145 Å². The summed E-state index contributed by atoms with van der Waals surface area (Å²) in [5.41, 5.74) is 2.48. The van der Waals surface area contributed by atoms with Gasteiger partial charge in [-0.1, -0.05) is 6.07 Å². The molecule has 0 saturated heterocycles. The summed E-state index contributed by atoms with van der Waals surface area (Å²) in [6, 6.07) is 2.01. The van der Waals surface area contributed by atoms with Gasteiger partial charge in [-0.3, -0.25) is 9.59 Å². The molecule has 0 aromatic heterocycles. The lowest BCUT2D eigenvalue weighted by molar-refractivity contribution is -0.140. The van der Waals surface area contributed by atoms with E-state index in [0.29, 0.717) is 6.07 Å². The molecule has 0 unspecified atom stereocenters. The van der Waals surface area contributed by atoms with Crippen LogP contribution in [-0.2, 0) is 30.5 Å². The third-order valence-corrected chi connectivity index (χ3v) is 4.25. The van der Waals surface area contributed by atoms with Crippen molar-refractivity contribution in [2.24, 2.45) is 10.7 Å². The van der Waals surface area contributed by atoms with Crippen molar-refractivity contribution in [2.75, 3.05) is 6.61 Å². The Morgan fingerprint density at radius 1 is 1.26 bits per heavy atom. The van der Waals surface area contributed by atoms with E-state index in [-0.39, 0.29) is 6.61 Å². The minimum Gasteiger partial charge on any atom is -0.462 e. The smallest absolute Gasteiger partial charge is 0.417 e. The molecule has 0 aliphatic heterocycles. The average molecular weight is 409 g/mol. The SMILES string of the molecule is CCOC(=O)c1cccc(C(F)(F)F)c1S(=O)(=O)NC(=O)C(N)=NC(C)=O. The van der Waals surface area contributed by atoms with Crippen LogP contribution in [0.15, 0.2) is 28.1 Å². The first kappa shape index (κ1) is 22.1. The number of nitrogens with one attached hydrogen (secondary N) is 1. The van der Waals surface area contributed by atoms with Crippen LogP contribution in [-0.4, -0.2) is 38.6 Å². The Bertz CT molecular complexity index is 909. The van der Waals surface area contributed by atoms with Crippen LogP contribution in [0.1, 0.15) is 29.8 Å². The molecule has 27 heavy (non-hydrogen) atoms. The van der Waals surface area contributed by atoms with E-state index >= 15 is 0 Å². The third kappa shape index (κ3) is 5.51. The van der Waals surface area contributed by atoms with Gasteiger partial charge in [-0.05, 0) is 19.1 Å². The van der Waals surface area contributed by atoms with Crippen molar-refractivity contribution in [3.05, 3.63) is 29.3 Å². The molecule has 0 heterocycles.